The maximum absolute atomic E-state index is 5.49. The van der Waals surface area contributed by atoms with Crippen LogP contribution < -0.4 is 4.90 Å². The number of hydrogen-bond acceptors (Lipinski definition) is 6. The van der Waals surface area contributed by atoms with Crippen molar-refractivity contribution in [2.75, 3.05) is 37.5 Å². The third-order valence-corrected chi connectivity index (χ3v) is 6.06. The number of pyridine rings is 1. The first-order chi connectivity index (χ1) is 12.6. The average Bonchev–Trinajstić information content (AvgIpc) is 3.16. The first-order valence-corrected chi connectivity index (χ1v) is 10.0. The van der Waals surface area contributed by atoms with Gasteiger partial charge >= 0.3 is 0 Å². The van der Waals surface area contributed by atoms with E-state index >= 15 is 0 Å². The highest BCUT2D eigenvalue weighted by Gasteiger charge is 2.25. The fourth-order valence-electron chi connectivity index (χ4n) is 2.99. The molecule has 7 heteroatoms. The molecule has 6 nitrogen and oxygen atoms in total. The average molecular weight is 369 g/mol. The zero-order valence-corrected chi connectivity index (χ0v) is 16.1. The Labute approximate surface area is 157 Å². The summed E-state index contributed by atoms with van der Waals surface area (Å²) in [6.07, 6.45) is 5.85. The van der Waals surface area contributed by atoms with Crippen LogP contribution in [0, 0.1) is 0 Å². The molecule has 26 heavy (non-hydrogen) atoms. The topological polar surface area (TPSA) is 66.9 Å². The molecule has 1 fully saturated rings. The Morgan fingerprint density at radius 1 is 1.19 bits per heavy atom. The highest BCUT2D eigenvalue weighted by Crippen LogP contribution is 2.35. The van der Waals surface area contributed by atoms with Crippen molar-refractivity contribution in [1.29, 1.82) is 0 Å². The van der Waals surface area contributed by atoms with E-state index in [-0.39, 0.29) is 4.75 Å². The minimum Gasteiger partial charge on any atom is -0.378 e. The number of fused-ring (bicyclic) bond motifs is 1. The van der Waals surface area contributed by atoms with Crippen LogP contribution in [0.5, 0.6) is 0 Å². The standard InChI is InChI=1S/C19H23N5OS/c1-19(2,26-3)15-11-16(24-6-8-25-9-7-24)23-18(22-15)14-10-13-4-5-20-17(13)21-12-14/h4-5,10-12H,6-9H2,1-3H3,(H,20,21). The number of ether oxygens (including phenoxy) is 1. The number of anilines is 1. The first kappa shape index (κ1) is 17.3. The van der Waals surface area contributed by atoms with Crippen molar-refractivity contribution in [1.82, 2.24) is 19.9 Å². The Balaban J connectivity index is 1.82. The Morgan fingerprint density at radius 2 is 2.00 bits per heavy atom. The van der Waals surface area contributed by atoms with Gasteiger partial charge < -0.3 is 14.6 Å². The lowest BCUT2D eigenvalue weighted by Gasteiger charge is -2.30. The molecule has 3 aromatic rings. The summed E-state index contributed by atoms with van der Waals surface area (Å²) in [6.45, 7) is 7.56. The van der Waals surface area contributed by atoms with Crippen LogP contribution in [-0.2, 0) is 9.48 Å². The van der Waals surface area contributed by atoms with Crippen molar-refractivity contribution in [2.45, 2.75) is 18.6 Å². The van der Waals surface area contributed by atoms with Gasteiger partial charge in [-0.15, -0.1) is 0 Å². The van der Waals surface area contributed by atoms with Gasteiger partial charge in [0.2, 0.25) is 0 Å². The van der Waals surface area contributed by atoms with Crippen molar-refractivity contribution in [2.24, 2.45) is 0 Å². The van der Waals surface area contributed by atoms with Crippen LogP contribution in [0.4, 0.5) is 5.82 Å². The Hall–Kier alpha value is -2.12. The van der Waals surface area contributed by atoms with E-state index in [1.807, 2.05) is 18.5 Å². The molecule has 4 rings (SSSR count). The molecule has 136 valence electrons. The summed E-state index contributed by atoms with van der Waals surface area (Å²) in [4.78, 5) is 19.7. The zero-order chi connectivity index (χ0) is 18.1. The van der Waals surface area contributed by atoms with Crippen molar-refractivity contribution in [3.63, 3.8) is 0 Å². The molecule has 3 aromatic heterocycles. The van der Waals surface area contributed by atoms with Crippen molar-refractivity contribution in [3.8, 4) is 11.4 Å². The lowest BCUT2D eigenvalue weighted by Crippen LogP contribution is -2.37. The van der Waals surface area contributed by atoms with Gasteiger partial charge in [-0.05, 0) is 32.2 Å². The van der Waals surface area contributed by atoms with Crippen LogP contribution in [-0.4, -0.2) is 52.5 Å². The Kier molecular flexibility index (Phi) is 4.58. The predicted octanol–water partition coefficient (Wildman–Crippen LogP) is 3.45. The third-order valence-electron chi connectivity index (χ3n) is 4.83. The molecule has 0 saturated carbocycles. The van der Waals surface area contributed by atoms with Crippen LogP contribution in [0.2, 0.25) is 0 Å². The largest absolute Gasteiger partial charge is 0.378 e. The molecular formula is C19H23N5OS. The van der Waals surface area contributed by atoms with Gasteiger partial charge in [-0.2, -0.15) is 11.8 Å². The monoisotopic (exact) mass is 369 g/mol. The van der Waals surface area contributed by atoms with Gasteiger partial charge in [0, 0.05) is 42.5 Å². The number of H-pyrrole nitrogens is 1. The van der Waals surface area contributed by atoms with Crippen LogP contribution in [0.3, 0.4) is 0 Å². The summed E-state index contributed by atoms with van der Waals surface area (Å²) < 4.78 is 5.40. The first-order valence-electron chi connectivity index (χ1n) is 8.78. The van der Waals surface area contributed by atoms with Gasteiger partial charge in [0.05, 0.1) is 23.7 Å². The second-order valence-corrected chi connectivity index (χ2v) is 8.32. The van der Waals surface area contributed by atoms with E-state index in [1.165, 1.54) is 0 Å². The van der Waals surface area contributed by atoms with E-state index < -0.39 is 0 Å². The van der Waals surface area contributed by atoms with E-state index in [1.54, 1.807) is 11.8 Å². The number of rotatable bonds is 4. The Bertz CT molecular complexity index is 917. The molecule has 0 atom stereocenters. The minimum absolute atomic E-state index is 0.0929. The fraction of sp³-hybridized carbons (Fsp3) is 0.421. The van der Waals surface area contributed by atoms with E-state index in [0.29, 0.717) is 0 Å². The van der Waals surface area contributed by atoms with Gasteiger partial charge in [0.1, 0.15) is 11.5 Å². The minimum atomic E-state index is -0.0929. The molecule has 1 N–H and O–H groups in total. The normalized spacial score (nSPS) is 15.6. The second kappa shape index (κ2) is 6.89. The van der Waals surface area contributed by atoms with Gasteiger partial charge in [-0.3, -0.25) is 0 Å². The number of hydrogen-bond donors (Lipinski definition) is 1. The van der Waals surface area contributed by atoms with Crippen LogP contribution in [0.25, 0.3) is 22.4 Å². The molecule has 1 saturated heterocycles. The molecule has 0 spiro atoms. The summed E-state index contributed by atoms with van der Waals surface area (Å²) in [6, 6.07) is 6.23. The number of aromatic amines is 1. The summed E-state index contributed by atoms with van der Waals surface area (Å²) >= 11 is 1.79. The summed E-state index contributed by atoms with van der Waals surface area (Å²) in [5.41, 5.74) is 2.85. The maximum atomic E-state index is 5.49. The van der Waals surface area contributed by atoms with E-state index in [4.69, 9.17) is 14.7 Å². The number of aromatic nitrogens is 4. The molecule has 1 aliphatic rings. The van der Waals surface area contributed by atoms with Gasteiger partial charge in [0.15, 0.2) is 5.82 Å². The SMILES string of the molecule is CSC(C)(C)c1cc(N2CCOCC2)nc(-c2cnc3[nH]ccc3c2)n1. The molecule has 0 bridgehead atoms. The molecule has 4 heterocycles. The smallest absolute Gasteiger partial charge is 0.163 e. The third kappa shape index (κ3) is 3.29. The lowest BCUT2D eigenvalue weighted by atomic mass is 10.1. The molecule has 0 radical (unpaired) electrons. The molecule has 0 amide bonds. The highest BCUT2D eigenvalue weighted by molar-refractivity contribution is 7.99. The quantitative estimate of drug-likeness (QED) is 0.760. The summed E-state index contributed by atoms with van der Waals surface area (Å²) in [5.74, 6) is 1.69. The van der Waals surface area contributed by atoms with Crippen LogP contribution in [0.1, 0.15) is 19.5 Å². The number of thioether (sulfide) groups is 1. The molecular weight excluding hydrogens is 346 g/mol. The lowest BCUT2D eigenvalue weighted by molar-refractivity contribution is 0.122. The molecule has 0 unspecified atom stereocenters. The number of morpholine rings is 1. The van der Waals surface area contributed by atoms with E-state index in [9.17, 15) is 0 Å². The molecule has 1 aliphatic heterocycles. The fourth-order valence-corrected chi connectivity index (χ4v) is 3.31. The number of nitrogens with one attached hydrogen (secondary N) is 1. The van der Waals surface area contributed by atoms with Crippen LogP contribution >= 0.6 is 11.8 Å². The zero-order valence-electron chi connectivity index (χ0n) is 15.3. The highest BCUT2D eigenvalue weighted by atomic mass is 32.2. The van der Waals surface area contributed by atoms with Crippen LogP contribution in [0.15, 0.2) is 30.6 Å². The van der Waals surface area contributed by atoms with Gasteiger partial charge in [0.25, 0.3) is 0 Å². The van der Waals surface area contributed by atoms with Crippen molar-refractivity contribution in [3.05, 3.63) is 36.3 Å². The molecule has 0 aliphatic carbocycles. The van der Waals surface area contributed by atoms with E-state index in [2.05, 4.69) is 47.1 Å². The van der Waals surface area contributed by atoms with Crippen molar-refractivity contribution >= 4 is 28.6 Å². The van der Waals surface area contributed by atoms with Gasteiger partial charge in [-0.25, -0.2) is 15.0 Å². The number of nitrogens with zero attached hydrogens (tertiary/aromatic N) is 4. The van der Waals surface area contributed by atoms with Crippen molar-refractivity contribution < 1.29 is 4.74 Å². The Morgan fingerprint density at radius 3 is 2.77 bits per heavy atom. The molecule has 0 aromatic carbocycles. The maximum Gasteiger partial charge on any atom is 0.163 e. The second-order valence-electron chi connectivity index (χ2n) is 6.89. The predicted molar refractivity (Wildman–Crippen MR) is 107 cm³/mol. The summed E-state index contributed by atoms with van der Waals surface area (Å²) in [7, 11) is 0. The van der Waals surface area contributed by atoms with Gasteiger partial charge in [-0.1, -0.05) is 0 Å². The van der Waals surface area contributed by atoms with E-state index in [0.717, 1.165) is 60.2 Å². The summed E-state index contributed by atoms with van der Waals surface area (Å²) in [5, 5.41) is 1.06.